The number of rotatable bonds is 3. The smallest absolute Gasteiger partial charge is 0.340 e. The van der Waals surface area contributed by atoms with Crippen molar-refractivity contribution in [3.8, 4) is 0 Å². The minimum Gasteiger partial charge on any atom is -0.459 e. The van der Waals surface area contributed by atoms with Crippen LogP contribution in [0.2, 0.25) is 0 Å². The Morgan fingerprint density at radius 3 is 2.90 bits per heavy atom. The molecule has 1 aromatic carbocycles. The van der Waals surface area contributed by atoms with Crippen LogP contribution in [0.5, 0.6) is 0 Å². The van der Waals surface area contributed by atoms with Crippen molar-refractivity contribution in [1.29, 1.82) is 0 Å². The summed E-state index contributed by atoms with van der Waals surface area (Å²) in [5.41, 5.74) is 5.99. The van der Waals surface area contributed by atoms with E-state index in [0.29, 0.717) is 0 Å². The van der Waals surface area contributed by atoms with Crippen molar-refractivity contribution in [1.82, 2.24) is 0 Å². The largest absolute Gasteiger partial charge is 0.459 e. The second kappa shape index (κ2) is 5.64. The fraction of sp³-hybridized carbons (Fsp3) is 0.562. The number of nitrogen functional groups attached to an aromatic ring is 1. The Labute approximate surface area is 123 Å². The highest BCUT2D eigenvalue weighted by Gasteiger charge is 2.42. The fourth-order valence-corrected chi connectivity index (χ4v) is 3.35. The summed E-state index contributed by atoms with van der Waals surface area (Å²) in [6.45, 7) is 0.205. The average molecular weight is 293 g/mol. The summed E-state index contributed by atoms with van der Waals surface area (Å²) in [5.74, 6) is -1.10. The monoisotopic (exact) mass is 293 g/mol. The van der Waals surface area contributed by atoms with Crippen LogP contribution in [0.25, 0.3) is 0 Å². The summed E-state index contributed by atoms with van der Waals surface area (Å²) in [6, 6.07) is 3.69. The first-order chi connectivity index (χ1) is 10.1. The molecule has 1 spiro atoms. The Balaban J connectivity index is 1.56. The maximum absolute atomic E-state index is 13.2. The lowest BCUT2D eigenvalue weighted by Crippen LogP contribution is -2.27. The van der Waals surface area contributed by atoms with Gasteiger partial charge in [0.1, 0.15) is 12.4 Å². The number of carbonyl (C=O) groups is 1. The number of carbonyl (C=O) groups excluding carboxylic acids is 1. The van der Waals surface area contributed by atoms with Gasteiger partial charge in [-0.15, -0.1) is 0 Å². The standard InChI is InChI=1S/C16H20FNO3/c17-11-3-4-14(18)13(9-11)15(19)20-10-12-5-8-16(21-12)6-1-2-7-16/h3-4,9,12H,1-2,5-8,10,18H2. The molecule has 1 aliphatic carbocycles. The number of nitrogens with two attached hydrogens (primary N) is 1. The third-order valence-corrected chi connectivity index (χ3v) is 4.49. The van der Waals surface area contributed by atoms with Crippen LogP contribution in [0.1, 0.15) is 48.9 Å². The molecule has 0 aromatic heterocycles. The first-order valence-electron chi connectivity index (χ1n) is 7.48. The van der Waals surface area contributed by atoms with E-state index in [1.807, 2.05) is 0 Å². The van der Waals surface area contributed by atoms with Crippen LogP contribution in [-0.2, 0) is 9.47 Å². The molecule has 1 atom stereocenters. The van der Waals surface area contributed by atoms with Crippen molar-refractivity contribution in [2.75, 3.05) is 12.3 Å². The summed E-state index contributed by atoms with van der Waals surface area (Å²) >= 11 is 0. The number of ether oxygens (including phenoxy) is 2. The molecule has 2 fully saturated rings. The van der Waals surface area contributed by atoms with Gasteiger partial charge in [0.25, 0.3) is 0 Å². The summed E-state index contributed by atoms with van der Waals surface area (Å²) in [5, 5.41) is 0. The highest BCUT2D eigenvalue weighted by atomic mass is 19.1. The van der Waals surface area contributed by atoms with E-state index in [2.05, 4.69) is 0 Å². The molecule has 1 saturated carbocycles. The van der Waals surface area contributed by atoms with Gasteiger partial charge >= 0.3 is 5.97 Å². The Bertz CT molecular complexity index is 540. The Kier molecular flexibility index (Phi) is 3.85. The van der Waals surface area contributed by atoms with Crippen LogP contribution >= 0.6 is 0 Å². The van der Waals surface area contributed by atoms with Crippen LogP contribution in [0, 0.1) is 5.82 Å². The molecular formula is C16H20FNO3. The molecule has 0 amide bonds. The maximum atomic E-state index is 13.2. The highest BCUT2D eigenvalue weighted by molar-refractivity contribution is 5.95. The zero-order chi connectivity index (χ0) is 14.9. The molecule has 3 rings (SSSR count). The quantitative estimate of drug-likeness (QED) is 0.687. The highest BCUT2D eigenvalue weighted by Crippen LogP contribution is 2.43. The third-order valence-electron chi connectivity index (χ3n) is 4.49. The second-order valence-electron chi connectivity index (χ2n) is 6.00. The number of benzene rings is 1. The number of esters is 1. The molecule has 2 aliphatic rings. The van der Waals surface area contributed by atoms with E-state index < -0.39 is 11.8 Å². The fourth-order valence-electron chi connectivity index (χ4n) is 3.35. The molecule has 1 aliphatic heterocycles. The molecule has 0 radical (unpaired) electrons. The van der Waals surface area contributed by atoms with Gasteiger partial charge in [0.15, 0.2) is 0 Å². The predicted molar refractivity (Wildman–Crippen MR) is 76.4 cm³/mol. The molecule has 114 valence electrons. The van der Waals surface area contributed by atoms with E-state index in [1.54, 1.807) is 0 Å². The predicted octanol–water partition coefficient (Wildman–Crippen LogP) is 3.06. The van der Waals surface area contributed by atoms with E-state index in [-0.39, 0.29) is 29.6 Å². The molecule has 1 unspecified atom stereocenters. The van der Waals surface area contributed by atoms with E-state index in [1.165, 1.54) is 25.0 Å². The minimum atomic E-state index is -0.594. The van der Waals surface area contributed by atoms with Crippen molar-refractivity contribution >= 4 is 11.7 Å². The van der Waals surface area contributed by atoms with E-state index >= 15 is 0 Å². The molecule has 5 heteroatoms. The maximum Gasteiger partial charge on any atom is 0.340 e. The van der Waals surface area contributed by atoms with Gasteiger partial charge in [-0.05, 0) is 43.9 Å². The van der Waals surface area contributed by atoms with Crippen LogP contribution in [0.4, 0.5) is 10.1 Å². The lowest BCUT2D eigenvalue weighted by atomic mass is 9.98. The van der Waals surface area contributed by atoms with Gasteiger partial charge in [-0.25, -0.2) is 9.18 Å². The molecule has 1 saturated heterocycles. The van der Waals surface area contributed by atoms with E-state index in [0.717, 1.165) is 31.7 Å². The summed E-state index contributed by atoms with van der Waals surface area (Å²) < 4.78 is 24.5. The lowest BCUT2D eigenvalue weighted by Gasteiger charge is -2.23. The van der Waals surface area contributed by atoms with Gasteiger partial charge in [0.2, 0.25) is 0 Å². The molecular weight excluding hydrogens is 273 g/mol. The lowest BCUT2D eigenvalue weighted by molar-refractivity contribution is -0.0598. The first kappa shape index (κ1) is 14.3. The molecule has 1 aromatic rings. The zero-order valence-corrected chi connectivity index (χ0v) is 11.9. The van der Waals surface area contributed by atoms with Crippen LogP contribution in [0.15, 0.2) is 18.2 Å². The van der Waals surface area contributed by atoms with Crippen molar-refractivity contribution in [2.24, 2.45) is 0 Å². The van der Waals surface area contributed by atoms with Gasteiger partial charge in [-0.2, -0.15) is 0 Å². The number of hydrogen-bond donors (Lipinski definition) is 1. The van der Waals surface area contributed by atoms with Gasteiger partial charge in [0, 0.05) is 5.69 Å². The molecule has 4 nitrogen and oxygen atoms in total. The number of hydrogen-bond acceptors (Lipinski definition) is 4. The Morgan fingerprint density at radius 1 is 1.38 bits per heavy atom. The van der Waals surface area contributed by atoms with E-state index in [9.17, 15) is 9.18 Å². The van der Waals surface area contributed by atoms with Crippen LogP contribution in [0.3, 0.4) is 0 Å². The van der Waals surface area contributed by atoms with Gasteiger partial charge in [-0.3, -0.25) is 0 Å². The van der Waals surface area contributed by atoms with Gasteiger partial charge in [-0.1, -0.05) is 12.8 Å². The molecule has 1 heterocycles. The molecule has 2 N–H and O–H groups in total. The minimum absolute atomic E-state index is 0.0228. The van der Waals surface area contributed by atoms with Crippen molar-refractivity contribution in [2.45, 2.75) is 50.2 Å². The van der Waals surface area contributed by atoms with Crippen LogP contribution < -0.4 is 5.73 Å². The number of halogens is 1. The Morgan fingerprint density at radius 2 is 2.14 bits per heavy atom. The molecule has 21 heavy (non-hydrogen) atoms. The van der Waals surface area contributed by atoms with Crippen LogP contribution in [-0.4, -0.2) is 24.3 Å². The van der Waals surface area contributed by atoms with E-state index in [4.69, 9.17) is 15.2 Å². The Hall–Kier alpha value is -1.62. The topological polar surface area (TPSA) is 61.6 Å². The van der Waals surface area contributed by atoms with Gasteiger partial charge < -0.3 is 15.2 Å². The molecule has 0 bridgehead atoms. The summed E-state index contributed by atoms with van der Waals surface area (Å²) in [4.78, 5) is 12.0. The SMILES string of the molecule is Nc1ccc(F)cc1C(=O)OCC1CCC2(CCCC2)O1. The zero-order valence-electron chi connectivity index (χ0n) is 11.9. The van der Waals surface area contributed by atoms with Crippen molar-refractivity contribution in [3.63, 3.8) is 0 Å². The normalized spacial score (nSPS) is 23.6. The summed E-state index contributed by atoms with van der Waals surface area (Å²) in [7, 11) is 0. The second-order valence-corrected chi connectivity index (χ2v) is 6.00. The average Bonchev–Trinajstić information content (AvgIpc) is 3.09. The first-order valence-corrected chi connectivity index (χ1v) is 7.48. The summed E-state index contributed by atoms with van der Waals surface area (Å²) in [6.07, 6.45) is 6.53. The number of anilines is 1. The van der Waals surface area contributed by atoms with Gasteiger partial charge in [0.05, 0.1) is 17.3 Å². The van der Waals surface area contributed by atoms with Crippen molar-refractivity contribution < 1.29 is 18.7 Å². The third kappa shape index (κ3) is 3.02. The van der Waals surface area contributed by atoms with Crippen molar-refractivity contribution in [3.05, 3.63) is 29.6 Å².